The van der Waals surface area contributed by atoms with Gasteiger partial charge >= 0.3 is 6.09 Å². The summed E-state index contributed by atoms with van der Waals surface area (Å²) in [6.45, 7) is 4.13. The Bertz CT molecular complexity index is 282. The third-order valence-electron chi connectivity index (χ3n) is 2.04. The molecular weight excluding hydrogens is 194 g/mol. The molecule has 0 aliphatic carbocycles. The van der Waals surface area contributed by atoms with Gasteiger partial charge in [0.15, 0.2) is 0 Å². The predicted octanol–water partition coefficient (Wildman–Crippen LogP) is 2.35. The molecule has 1 aromatic heterocycles. The van der Waals surface area contributed by atoms with Gasteiger partial charge < -0.3 is 14.5 Å². The Kier molecular flexibility index (Phi) is 4.74. The van der Waals surface area contributed by atoms with Crippen LogP contribution in [0.4, 0.5) is 4.79 Å². The van der Waals surface area contributed by atoms with Gasteiger partial charge in [-0.1, -0.05) is 0 Å². The van der Waals surface area contributed by atoms with Gasteiger partial charge in [-0.3, -0.25) is 0 Å². The Morgan fingerprint density at radius 1 is 1.67 bits per heavy atom. The van der Waals surface area contributed by atoms with Crippen molar-refractivity contribution in [3.8, 4) is 0 Å². The number of hydrogen-bond donors (Lipinski definition) is 1. The predicted molar refractivity (Wildman–Crippen MR) is 56.6 cm³/mol. The second kappa shape index (κ2) is 6.11. The van der Waals surface area contributed by atoms with Crippen molar-refractivity contribution in [2.24, 2.45) is 0 Å². The SMILES string of the molecule is CCOC(=O)NC(C)CCc1ccco1. The Morgan fingerprint density at radius 2 is 2.47 bits per heavy atom. The summed E-state index contributed by atoms with van der Waals surface area (Å²) in [4.78, 5) is 11.1. The number of rotatable bonds is 5. The van der Waals surface area contributed by atoms with E-state index in [9.17, 15) is 4.79 Å². The second-order valence-corrected chi connectivity index (χ2v) is 3.38. The maximum absolute atomic E-state index is 11.1. The summed E-state index contributed by atoms with van der Waals surface area (Å²) in [5, 5.41) is 2.74. The Balaban J connectivity index is 2.18. The molecule has 15 heavy (non-hydrogen) atoms. The largest absolute Gasteiger partial charge is 0.469 e. The van der Waals surface area contributed by atoms with Crippen molar-refractivity contribution >= 4 is 6.09 Å². The Hall–Kier alpha value is -1.45. The molecule has 0 fully saturated rings. The maximum Gasteiger partial charge on any atom is 0.407 e. The average molecular weight is 211 g/mol. The highest BCUT2D eigenvalue weighted by Gasteiger charge is 2.08. The minimum absolute atomic E-state index is 0.0918. The van der Waals surface area contributed by atoms with Crippen molar-refractivity contribution < 1.29 is 13.9 Å². The summed E-state index contributed by atoms with van der Waals surface area (Å²) < 4.78 is 9.97. The van der Waals surface area contributed by atoms with E-state index in [-0.39, 0.29) is 12.1 Å². The maximum atomic E-state index is 11.1. The fourth-order valence-electron chi connectivity index (χ4n) is 1.26. The standard InChI is InChI=1S/C11H17NO3/c1-3-14-11(13)12-9(2)6-7-10-5-4-8-15-10/h4-5,8-9H,3,6-7H2,1-2H3,(H,12,13). The van der Waals surface area contributed by atoms with Crippen LogP contribution in [0, 0.1) is 0 Å². The van der Waals surface area contributed by atoms with Crippen LogP contribution in [0.15, 0.2) is 22.8 Å². The van der Waals surface area contributed by atoms with Gasteiger partial charge in [-0.05, 0) is 32.4 Å². The van der Waals surface area contributed by atoms with E-state index in [1.807, 2.05) is 19.1 Å². The van der Waals surface area contributed by atoms with E-state index >= 15 is 0 Å². The molecule has 1 N–H and O–H groups in total. The smallest absolute Gasteiger partial charge is 0.407 e. The lowest BCUT2D eigenvalue weighted by Crippen LogP contribution is -2.33. The van der Waals surface area contributed by atoms with Crippen LogP contribution in [0.2, 0.25) is 0 Å². The zero-order valence-electron chi connectivity index (χ0n) is 9.16. The van der Waals surface area contributed by atoms with Crippen LogP contribution in [0.25, 0.3) is 0 Å². The quantitative estimate of drug-likeness (QED) is 0.813. The molecule has 0 spiro atoms. The first kappa shape index (κ1) is 11.6. The van der Waals surface area contributed by atoms with Gasteiger partial charge in [0.25, 0.3) is 0 Å². The van der Waals surface area contributed by atoms with E-state index in [0.29, 0.717) is 6.61 Å². The molecule has 4 nitrogen and oxygen atoms in total. The number of hydrogen-bond acceptors (Lipinski definition) is 3. The number of alkyl carbamates (subject to hydrolysis) is 1. The van der Waals surface area contributed by atoms with E-state index < -0.39 is 0 Å². The lowest BCUT2D eigenvalue weighted by molar-refractivity contribution is 0.148. The number of carbonyl (C=O) groups excluding carboxylic acids is 1. The van der Waals surface area contributed by atoms with Gasteiger partial charge in [0.1, 0.15) is 5.76 Å². The van der Waals surface area contributed by atoms with Gasteiger partial charge in [-0.2, -0.15) is 0 Å². The highest BCUT2D eigenvalue weighted by atomic mass is 16.5. The molecule has 0 aliphatic rings. The van der Waals surface area contributed by atoms with E-state index in [2.05, 4.69) is 5.32 Å². The van der Waals surface area contributed by atoms with Crippen molar-refractivity contribution in [2.45, 2.75) is 32.7 Å². The minimum atomic E-state index is -0.357. The van der Waals surface area contributed by atoms with Gasteiger partial charge in [0, 0.05) is 12.5 Å². The highest BCUT2D eigenvalue weighted by Crippen LogP contribution is 2.05. The molecule has 1 heterocycles. The lowest BCUT2D eigenvalue weighted by Gasteiger charge is -2.12. The number of nitrogens with one attached hydrogen (secondary N) is 1. The average Bonchev–Trinajstić information content (AvgIpc) is 2.67. The zero-order chi connectivity index (χ0) is 11.1. The molecule has 0 aromatic carbocycles. The number of ether oxygens (including phenoxy) is 1. The minimum Gasteiger partial charge on any atom is -0.469 e. The van der Waals surface area contributed by atoms with Crippen LogP contribution in [-0.4, -0.2) is 18.7 Å². The van der Waals surface area contributed by atoms with Crippen molar-refractivity contribution in [3.63, 3.8) is 0 Å². The van der Waals surface area contributed by atoms with E-state index in [1.165, 1.54) is 0 Å². The van der Waals surface area contributed by atoms with Crippen LogP contribution < -0.4 is 5.32 Å². The van der Waals surface area contributed by atoms with Crippen LogP contribution in [0.5, 0.6) is 0 Å². The van der Waals surface area contributed by atoms with Crippen molar-refractivity contribution in [1.29, 1.82) is 0 Å². The molecule has 0 bridgehead atoms. The van der Waals surface area contributed by atoms with Crippen LogP contribution >= 0.6 is 0 Å². The Labute approximate surface area is 89.6 Å². The number of furan rings is 1. The number of aryl methyl sites for hydroxylation is 1. The zero-order valence-corrected chi connectivity index (χ0v) is 9.16. The third-order valence-corrected chi connectivity index (χ3v) is 2.04. The summed E-state index contributed by atoms with van der Waals surface area (Å²) in [6.07, 6.45) is 2.95. The summed E-state index contributed by atoms with van der Waals surface area (Å²) >= 11 is 0. The number of amides is 1. The molecule has 0 saturated carbocycles. The summed E-state index contributed by atoms with van der Waals surface area (Å²) in [5.74, 6) is 0.938. The van der Waals surface area contributed by atoms with E-state index in [1.54, 1.807) is 13.2 Å². The topological polar surface area (TPSA) is 51.5 Å². The molecule has 4 heteroatoms. The first-order valence-electron chi connectivity index (χ1n) is 5.18. The van der Waals surface area contributed by atoms with Crippen molar-refractivity contribution in [1.82, 2.24) is 5.32 Å². The van der Waals surface area contributed by atoms with Crippen molar-refractivity contribution in [3.05, 3.63) is 24.2 Å². The summed E-state index contributed by atoms with van der Waals surface area (Å²) in [5.41, 5.74) is 0. The lowest BCUT2D eigenvalue weighted by atomic mass is 10.1. The first-order chi connectivity index (χ1) is 7.22. The monoisotopic (exact) mass is 211 g/mol. The molecule has 1 rings (SSSR count). The second-order valence-electron chi connectivity index (χ2n) is 3.38. The molecule has 0 saturated heterocycles. The third kappa shape index (κ3) is 4.54. The van der Waals surface area contributed by atoms with Crippen LogP contribution in [-0.2, 0) is 11.2 Å². The molecular formula is C11H17NO3. The molecule has 0 radical (unpaired) electrons. The fourth-order valence-corrected chi connectivity index (χ4v) is 1.26. The highest BCUT2D eigenvalue weighted by molar-refractivity contribution is 5.67. The Morgan fingerprint density at radius 3 is 3.07 bits per heavy atom. The van der Waals surface area contributed by atoms with Gasteiger partial charge in [-0.25, -0.2) is 4.79 Å². The fraction of sp³-hybridized carbons (Fsp3) is 0.545. The normalized spacial score (nSPS) is 12.1. The van der Waals surface area contributed by atoms with Crippen LogP contribution in [0.3, 0.4) is 0 Å². The molecule has 0 aliphatic heterocycles. The van der Waals surface area contributed by atoms with E-state index in [4.69, 9.17) is 9.15 Å². The van der Waals surface area contributed by atoms with Gasteiger partial charge in [0.05, 0.1) is 12.9 Å². The molecule has 84 valence electrons. The molecule has 1 aromatic rings. The summed E-state index contributed by atoms with van der Waals surface area (Å²) in [7, 11) is 0. The molecule has 1 atom stereocenters. The van der Waals surface area contributed by atoms with Crippen LogP contribution in [0.1, 0.15) is 26.0 Å². The van der Waals surface area contributed by atoms with Gasteiger partial charge in [-0.15, -0.1) is 0 Å². The van der Waals surface area contributed by atoms with Gasteiger partial charge in [0.2, 0.25) is 0 Å². The first-order valence-corrected chi connectivity index (χ1v) is 5.18. The molecule has 1 amide bonds. The van der Waals surface area contributed by atoms with Crippen molar-refractivity contribution in [2.75, 3.05) is 6.61 Å². The molecule has 1 unspecified atom stereocenters. The van der Waals surface area contributed by atoms with E-state index in [0.717, 1.165) is 18.6 Å². The number of carbonyl (C=O) groups is 1. The summed E-state index contributed by atoms with van der Waals surface area (Å²) in [6, 6.07) is 3.88.